The van der Waals surface area contributed by atoms with E-state index in [9.17, 15) is 14.9 Å². The van der Waals surface area contributed by atoms with Gasteiger partial charge < -0.3 is 18.8 Å². The van der Waals surface area contributed by atoms with Gasteiger partial charge >= 0.3 is 6.01 Å². The summed E-state index contributed by atoms with van der Waals surface area (Å²) < 4.78 is 17.2. The molecule has 0 radical (unpaired) electrons. The van der Waals surface area contributed by atoms with Gasteiger partial charge in [0.25, 0.3) is 11.5 Å². The molecule has 1 aliphatic heterocycles. The first kappa shape index (κ1) is 32.8. The van der Waals surface area contributed by atoms with Crippen LogP contribution < -0.4 is 24.7 Å². The van der Waals surface area contributed by atoms with E-state index < -0.39 is 23.4 Å². The number of nitriles is 1. The van der Waals surface area contributed by atoms with Crippen LogP contribution in [0.4, 0.5) is 11.4 Å². The van der Waals surface area contributed by atoms with Crippen LogP contribution in [0.1, 0.15) is 36.6 Å². The minimum Gasteiger partial charge on any atom is -0.497 e. The number of aliphatic imine (C=N–C) groups is 1. The second-order valence-electron chi connectivity index (χ2n) is 11.0. The van der Waals surface area contributed by atoms with Gasteiger partial charge in [-0.15, -0.1) is 0 Å². The average Bonchev–Trinajstić information content (AvgIpc) is 3.34. The lowest BCUT2D eigenvalue weighted by Crippen LogP contribution is -2.37. The van der Waals surface area contributed by atoms with Crippen molar-refractivity contribution in [3.8, 4) is 23.7 Å². The number of methoxy groups -OCH3 is 3. The Morgan fingerprint density at radius 1 is 1.06 bits per heavy atom. The maximum atomic E-state index is 14.1. The normalized spacial score (nSPS) is 16.4. The molecule has 2 aromatic carbocycles. The Bertz CT molecular complexity index is 1950. The smallest absolute Gasteiger partial charge is 0.319 e. The van der Waals surface area contributed by atoms with Gasteiger partial charge in [0.15, 0.2) is 0 Å². The molecule has 47 heavy (non-hydrogen) atoms. The van der Waals surface area contributed by atoms with Gasteiger partial charge in [-0.3, -0.25) is 19.9 Å². The zero-order valence-electron chi connectivity index (χ0n) is 26.4. The highest BCUT2D eigenvalue weighted by atomic mass is 35.5. The Labute approximate surface area is 276 Å². The lowest BCUT2D eigenvalue weighted by molar-refractivity contribution is -0.112. The molecule has 0 aliphatic carbocycles. The number of pyridine rings is 1. The monoisotopic (exact) mass is 653 g/mol. The van der Waals surface area contributed by atoms with Crippen LogP contribution in [-0.4, -0.2) is 53.2 Å². The Kier molecular flexibility index (Phi) is 9.67. The Morgan fingerprint density at radius 2 is 1.77 bits per heavy atom. The molecule has 240 valence electrons. The molecule has 12 nitrogen and oxygen atoms in total. The van der Waals surface area contributed by atoms with Crippen molar-refractivity contribution in [3.63, 3.8) is 0 Å². The summed E-state index contributed by atoms with van der Waals surface area (Å²) in [7, 11) is 4.44. The first-order valence-corrected chi connectivity index (χ1v) is 15.0. The number of ether oxygens (including phenoxy) is 3. The van der Waals surface area contributed by atoms with Gasteiger partial charge in [0.2, 0.25) is 5.88 Å². The molecule has 5 rings (SSSR count). The Balaban J connectivity index is 1.68. The van der Waals surface area contributed by atoms with Crippen molar-refractivity contribution < 1.29 is 19.0 Å². The lowest BCUT2D eigenvalue weighted by atomic mass is 9.83. The Morgan fingerprint density at radius 3 is 2.36 bits per heavy atom. The molecule has 13 heteroatoms. The lowest BCUT2D eigenvalue weighted by Gasteiger charge is -2.30. The van der Waals surface area contributed by atoms with Crippen LogP contribution in [0.5, 0.6) is 17.6 Å². The van der Waals surface area contributed by atoms with E-state index in [1.165, 1.54) is 42.1 Å². The van der Waals surface area contributed by atoms with Crippen molar-refractivity contribution in [3.05, 3.63) is 99.1 Å². The molecule has 1 saturated heterocycles. The summed E-state index contributed by atoms with van der Waals surface area (Å²) in [5, 5.41) is 18.8. The zero-order valence-corrected chi connectivity index (χ0v) is 27.1. The standard InChI is InChI=1S/C34H32ClN7O5/c1-19(2)29(39-25-16-38-34(47-5)40-31(25)46-4)27-28(37)33(44)42(30(27)22-10-6-20(15-36)7-11-22)26-14-23(35)18-41(32(26)43)17-21-8-12-24(45-3)13-9-21/h6-14,16,18-19,27,30,37H,17H2,1-5H3. The molecule has 0 bridgehead atoms. The molecule has 2 unspecified atom stereocenters. The number of hydrogen-bond donors (Lipinski definition) is 1. The molecule has 0 spiro atoms. The fourth-order valence-electron chi connectivity index (χ4n) is 5.53. The second-order valence-corrected chi connectivity index (χ2v) is 11.4. The van der Waals surface area contributed by atoms with Crippen LogP contribution in [0.15, 0.2) is 76.8 Å². The number of amides is 1. The van der Waals surface area contributed by atoms with Crippen molar-refractivity contribution in [2.45, 2.75) is 26.4 Å². The maximum Gasteiger partial charge on any atom is 0.319 e. The van der Waals surface area contributed by atoms with Crippen molar-refractivity contribution >= 4 is 40.3 Å². The molecule has 0 saturated carbocycles. The number of anilines is 1. The number of halogens is 1. The van der Waals surface area contributed by atoms with E-state index in [4.69, 9.17) is 36.2 Å². The summed E-state index contributed by atoms with van der Waals surface area (Å²) in [5.74, 6) is -1.03. The number of carbonyl (C=O) groups is 1. The van der Waals surface area contributed by atoms with Gasteiger partial charge in [0, 0.05) is 11.9 Å². The maximum absolute atomic E-state index is 14.1. The van der Waals surface area contributed by atoms with Crippen LogP contribution >= 0.6 is 11.6 Å². The predicted molar refractivity (Wildman–Crippen MR) is 177 cm³/mol. The molecular formula is C34H32ClN7O5. The van der Waals surface area contributed by atoms with Crippen LogP contribution in [0.3, 0.4) is 0 Å². The summed E-state index contributed by atoms with van der Waals surface area (Å²) in [4.78, 5) is 42.8. The van der Waals surface area contributed by atoms with Gasteiger partial charge in [0.1, 0.15) is 22.8 Å². The molecule has 4 aromatic rings. The van der Waals surface area contributed by atoms with Crippen molar-refractivity contribution in [1.29, 1.82) is 10.7 Å². The van der Waals surface area contributed by atoms with Crippen LogP contribution in [0.25, 0.3) is 0 Å². The van der Waals surface area contributed by atoms with Crippen LogP contribution in [0, 0.1) is 28.6 Å². The molecule has 2 aromatic heterocycles. The molecule has 1 fully saturated rings. The van der Waals surface area contributed by atoms with Gasteiger partial charge in [-0.25, -0.2) is 9.98 Å². The third-order valence-electron chi connectivity index (χ3n) is 7.79. The third kappa shape index (κ3) is 6.57. The number of rotatable bonds is 10. The fraction of sp³-hybridized carbons (Fsp3) is 0.265. The molecule has 2 atom stereocenters. The summed E-state index contributed by atoms with van der Waals surface area (Å²) in [5.41, 5.74) is 1.83. The van der Waals surface area contributed by atoms with Crippen molar-refractivity contribution in [2.24, 2.45) is 16.8 Å². The number of nitrogens with one attached hydrogen (secondary N) is 1. The summed E-state index contributed by atoms with van der Waals surface area (Å²) in [6.45, 7) is 3.97. The first-order chi connectivity index (χ1) is 22.6. The highest BCUT2D eigenvalue weighted by Crippen LogP contribution is 2.42. The van der Waals surface area contributed by atoms with Crippen LogP contribution in [0.2, 0.25) is 5.02 Å². The van der Waals surface area contributed by atoms with E-state index in [0.717, 1.165) is 5.56 Å². The molecule has 1 amide bonds. The molecule has 1 N–H and O–H groups in total. The quantitative estimate of drug-likeness (QED) is 0.223. The van der Waals surface area contributed by atoms with E-state index in [1.807, 2.05) is 26.0 Å². The number of hydrogen-bond acceptors (Lipinski definition) is 10. The van der Waals surface area contributed by atoms with Crippen molar-refractivity contribution in [2.75, 3.05) is 26.2 Å². The van der Waals surface area contributed by atoms with E-state index in [-0.39, 0.29) is 46.5 Å². The van der Waals surface area contributed by atoms with E-state index in [1.54, 1.807) is 43.5 Å². The van der Waals surface area contributed by atoms with E-state index in [0.29, 0.717) is 22.6 Å². The van der Waals surface area contributed by atoms with Gasteiger partial charge in [-0.05, 0) is 47.4 Å². The largest absolute Gasteiger partial charge is 0.497 e. The summed E-state index contributed by atoms with van der Waals surface area (Å²) in [6, 6.07) is 16.7. The second kappa shape index (κ2) is 13.8. The highest BCUT2D eigenvalue weighted by Gasteiger charge is 2.50. The van der Waals surface area contributed by atoms with Gasteiger partial charge in [0.05, 0.1) is 62.7 Å². The van der Waals surface area contributed by atoms with Gasteiger partial charge in [-0.2, -0.15) is 10.2 Å². The first-order valence-electron chi connectivity index (χ1n) is 14.6. The van der Waals surface area contributed by atoms with Crippen molar-refractivity contribution in [1.82, 2.24) is 14.5 Å². The zero-order chi connectivity index (χ0) is 33.8. The van der Waals surface area contributed by atoms with E-state index in [2.05, 4.69) is 16.0 Å². The number of benzene rings is 2. The third-order valence-corrected chi connectivity index (χ3v) is 8.00. The molecule has 3 heterocycles. The minimum atomic E-state index is -0.907. The van der Waals surface area contributed by atoms with Gasteiger partial charge in [-0.1, -0.05) is 49.7 Å². The topological polar surface area (TPSA) is 156 Å². The molecule has 1 aliphatic rings. The number of carbonyl (C=O) groups excluding carboxylic acids is 1. The minimum absolute atomic E-state index is 0.00564. The Hall–Kier alpha value is -5.54. The average molecular weight is 654 g/mol. The number of nitrogens with zero attached hydrogens (tertiary/aromatic N) is 6. The molecular weight excluding hydrogens is 622 g/mol. The van der Waals surface area contributed by atoms with E-state index >= 15 is 0 Å². The SMILES string of the molecule is COc1ccc(Cn2cc(Cl)cc(N3C(=O)C(=N)C(C(=Nc4cnc(OC)nc4OC)C(C)C)C3c3ccc(C#N)cc3)c2=O)cc1. The number of aromatic nitrogens is 3. The van der Waals surface area contributed by atoms with Crippen LogP contribution in [-0.2, 0) is 11.3 Å². The fourth-order valence-corrected chi connectivity index (χ4v) is 5.75. The summed E-state index contributed by atoms with van der Waals surface area (Å²) in [6.07, 6.45) is 2.95. The predicted octanol–water partition coefficient (Wildman–Crippen LogP) is 5.39. The highest BCUT2D eigenvalue weighted by molar-refractivity contribution is 6.49. The summed E-state index contributed by atoms with van der Waals surface area (Å²) >= 11 is 6.58.